The van der Waals surface area contributed by atoms with Crippen LogP contribution in [0.15, 0.2) is 47.4 Å². The average Bonchev–Trinajstić information content (AvgIpc) is 3.70. The topological polar surface area (TPSA) is 94.9 Å². The molecule has 1 amide bonds. The zero-order chi connectivity index (χ0) is 27.2. The maximum absolute atomic E-state index is 15.1. The molecule has 2 aromatic carbocycles. The number of hydrogen-bond donors (Lipinski definition) is 2. The van der Waals surface area contributed by atoms with E-state index in [2.05, 4.69) is 5.32 Å². The monoisotopic (exact) mass is 532 g/mol. The number of rotatable bonds is 6. The minimum Gasteiger partial charge on any atom is -0.477 e. The number of alkyl halides is 3. The van der Waals surface area contributed by atoms with E-state index in [9.17, 15) is 32.7 Å². The molecule has 0 atom stereocenters. The summed E-state index contributed by atoms with van der Waals surface area (Å²) in [4.78, 5) is 40.3. The molecule has 200 valence electrons. The van der Waals surface area contributed by atoms with Gasteiger partial charge in [-0.15, -0.1) is 0 Å². The summed E-state index contributed by atoms with van der Waals surface area (Å²) in [5.74, 6) is -2.36. The molecule has 1 aliphatic heterocycles. The first-order valence-electron chi connectivity index (χ1n) is 12.1. The van der Waals surface area contributed by atoms with Gasteiger partial charge in [0.25, 0.3) is 0 Å². The fraction of sp³-hybridized carbons (Fsp3) is 0.346. The van der Waals surface area contributed by atoms with Crippen molar-refractivity contribution >= 4 is 34.2 Å². The molecule has 1 saturated carbocycles. The number of aromatic nitrogens is 1. The number of halogens is 4. The number of fused-ring (bicyclic) bond motifs is 1. The van der Waals surface area contributed by atoms with Gasteiger partial charge in [-0.2, -0.15) is 13.2 Å². The van der Waals surface area contributed by atoms with Crippen LogP contribution in [-0.2, 0) is 11.0 Å². The van der Waals surface area contributed by atoms with Gasteiger partial charge in [0.1, 0.15) is 11.4 Å². The molecular formula is C26H24F4N4O4. The lowest BCUT2D eigenvalue weighted by molar-refractivity contribution is -0.137. The van der Waals surface area contributed by atoms with E-state index in [-0.39, 0.29) is 35.1 Å². The first-order valence-corrected chi connectivity index (χ1v) is 12.1. The molecule has 2 fully saturated rings. The number of pyridine rings is 1. The molecule has 3 aromatic rings. The number of carboxylic acid groups (broad SMARTS) is 1. The summed E-state index contributed by atoms with van der Waals surface area (Å²) in [7, 11) is 0. The van der Waals surface area contributed by atoms with E-state index in [4.69, 9.17) is 0 Å². The molecule has 0 spiro atoms. The van der Waals surface area contributed by atoms with Crippen molar-refractivity contribution in [2.24, 2.45) is 0 Å². The second kappa shape index (κ2) is 9.75. The quantitative estimate of drug-likeness (QED) is 0.467. The predicted molar refractivity (Wildman–Crippen MR) is 132 cm³/mol. The van der Waals surface area contributed by atoms with Crippen LogP contribution in [-0.4, -0.2) is 59.2 Å². The van der Waals surface area contributed by atoms with Crippen LogP contribution in [0.2, 0.25) is 0 Å². The van der Waals surface area contributed by atoms with Crippen LogP contribution >= 0.6 is 0 Å². The molecule has 1 aromatic heterocycles. The summed E-state index contributed by atoms with van der Waals surface area (Å²) in [6.45, 7) is 1.69. The Morgan fingerprint density at radius 2 is 1.68 bits per heavy atom. The van der Waals surface area contributed by atoms with E-state index in [0.717, 1.165) is 31.0 Å². The molecule has 2 N–H and O–H groups in total. The molecule has 5 rings (SSSR count). The Kier molecular flexibility index (Phi) is 6.59. The van der Waals surface area contributed by atoms with E-state index >= 15 is 4.39 Å². The minimum absolute atomic E-state index is 0.0221. The summed E-state index contributed by atoms with van der Waals surface area (Å²) in [6.07, 6.45) is -1.43. The maximum Gasteiger partial charge on any atom is 0.416 e. The third kappa shape index (κ3) is 5.21. The molecular weight excluding hydrogens is 508 g/mol. The van der Waals surface area contributed by atoms with Crippen LogP contribution in [0.25, 0.3) is 10.9 Å². The van der Waals surface area contributed by atoms with Crippen molar-refractivity contribution in [2.75, 3.05) is 42.9 Å². The molecule has 1 aliphatic carbocycles. The summed E-state index contributed by atoms with van der Waals surface area (Å²) in [6, 6.07) is 6.94. The van der Waals surface area contributed by atoms with Crippen molar-refractivity contribution in [3.63, 3.8) is 0 Å². The Labute approximate surface area is 214 Å². The number of carbonyl (C=O) groups is 2. The van der Waals surface area contributed by atoms with E-state index in [1.807, 2.05) is 9.80 Å². The zero-order valence-electron chi connectivity index (χ0n) is 20.1. The SMILES string of the molecule is O=C(CN1CCN(c2cc3c(cc2F)c(=O)c(C(=O)O)cn3C2CC2)CC1)Nc1ccc(C(F)(F)F)cc1. The van der Waals surface area contributed by atoms with Crippen molar-refractivity contribution in [3.8, 4) is 0 Å². The fourth-order valence-corrected chi connectivity index (χ4v) is 4.70. The molecule has 8 nitrogen and oxygen atoms in total. The molecule has 1 saturated heterocycles. The smallest absolute Gasteiger partial charge is 0.416 e. The van der Waals surface area contributed by atoms with Gasteiger partial charge in [0, 0.05) is 49.5 Å². The Bertz CT molecular complexity index is 1460. The first-order chi connectivity index (χ1) is 18.0. The Morgan fingerprint density at radius 1 is 1.03 bits per heavy atom. The second-order valence-electron chi connectivity index (χ2n) is 9.52. The number of anilines is 2. The molecule has 38 heavy (non-hydrogen) atoms. The molecule has 0 unspecified atom stereocenters. The van der Waals surface area contributed by atoms with Crippen LogP contribution in [0.4, 0.5) is 28.9 Å². The van der Waals surface area contributed by atoms with Crippen LogP contribution in [0, 0.1) is 5.82 Å². The molecule has 0 bridgehead atoms. The Balaban J connectivity index is 1.26. The highest BCUT2D eigenvalue weighted by Crippen LogP contribution is 2.38. The highest BCUT2D eigenvalue weighted by atomic mass is 19.4. The van der Waals surface area contributed by atoms with Crippen LogP contribution in [0.1, 0.15) is 34.8 Å². The third-order valence-corrected chi connectivity index (χ3v) is 6.85. The van der Waals surface area contributed by atoms with Gasteiger partial charge in [0.15, 0.2) is 0 Å². The van der Waals surface area contributed by atoms with Gasteiger partial charge in [0.2, 0.25) is 11.3 Å². The number of piperazine rings is 1. The van der Waals surface area contributed by atoms with Gasteiger partial charge in [-0.25, -0.2) is 9.18 Å². The lowest BCUT2D eigenvalue weighted by atomic mass is 10.1. The number of benzene rings is 2. The highest BCUT2D eigenvalue weighted by molar-refractivity contribution is 5.94. The van der Waals surface area contributed by atoms with Crippen molar-refractivity contribution < 1.29 is 32.3 Å². The summed E-state index contributed by atoms with van der Waals surface area (Å²) < 4.78 is 55.0. The predicted octanol–water partition coefficient (Wildman–Crippen LogP) is 3.95. The van der Waals surface area contributed by atoms with E-state index in [1.165, 1.54) is 18.3 Å². The van der Waals surface area contributed by atoms with E-state index in [0.29, 0.717) is 37.4 Å². The molecule has 2 aliphatic rings. The maximum atomic E-state index is 15.1. The van der Waals surface area contributed by atoms with Gasteiger partial charge in [-0.3, -0.25) is 14.5 Å². The number of carbonyl (C=O) groups excluding carboxylic acids is 1. The van der Waals surface area contributed by atoms with Crippen molar-refractivity contribution in [2.45, 2.75) is 25.1 Å². The van der Waals surface area contributed by atoms with Crippen molar-refractivity contribution in [1.82, 2.24) is 9.47 Å². The van der Waals surface area contributed by atoms with Gasteiger partial charge in [0.05, 0.1) is 23.3 Å². The Hall–Kier alpha value is -3.93. The lowest BCUT2D eigenvalue weighted by Gasteiger charge is -2.36. The first kappa shape index (κ1) is 25.7. The summed E-state index contributed by atoms with van der Waals surface area (Å²) in [5.41, 5.74) is -0.879. The number of hydrogen-bond acceptors (Lipinski definition) is 5. The standard InChI is InChI=1S/C26H24F4N4O4/c27-20-11-18-21(34(17-5-6-17)13-19(24(18)36)25(37)38)12-22(20)33-9-7-32(8-10-33)14-23(35)31-16-3-1-15(2-4-16)26(28,29)30/h1-4,11-13,17H,5-10,14H2,(H,31,35)(H,37,38). The molecule has 0 radical (unpaired) electrons. The second-order valence-corrected chi connectivity index (χ2v) is 9.52. The van der Waals surface area contributed by atoms with Gasteiger partial charge in [-0.1, -0.05) is 0 Å². The molecule has 2 heterocycles. The highest BCUT2D eigenvalue weighted by Gasteiger charge is 2.30. The average molecular weight is 532 g/mol. The number of carboxylic acids is 1. The number of aromatic carboxylic acids is 1. The van der Waals surface area contributed by atoms with Crippen molar-refractivity contribution in [3.05, 3.63) is 69.8 Å². The van der Waals surface area contributed by atoms with E-state index < -0.39 is 29.0 Å². The number of amides is 1. The largest absolute Gasteiger partial charge is 0.477 e. The lowest BCUT2D eigenvalue weighted by Crippen LogP contribution is -2.49. The minimum atomic E-state index is -4.45. The summed E-state index contributed by atoms with van der Waals surface area (Å²) >= 11 is 0. The fourth-order valence-electron chi connectivity index (χ4n) is 4.70. The van der Waals surface area contributed by atoms with Crippen LogP contribution in [0.5, 0.6) is 0 Å². The van der Waals surface area contributed by atoms with Gasteiger partial charge in [-0.05, 0) is 49.2 Å². The normalized spacial score (nSPS) is 16.6. The number of nitrogens with zero attached hydrogens (tertiary/aromatic N) is 3. The van der Waals surface area contributed by atoms with E-state index in [1.54, 1.807) is 10.6 Å². The van der Waals surface area contributed by atoms with Crippen molar-refractivity contribution in [1.29, 1.82) is 0 Å². The van der Waals surface area contributed by atoms with Crippen LogP contribution < -0.4 is 15.6 Å². The van der Waals surface area contributed by atoms with Gasteiger partial charge < -0.3 is 19.9 Å². The summed E-state index contributed by atoms with van der Waals surface area (Å²) in [5, 5.41) is 12.0. The zero-order valence-corrected chi connectivity index (χ0v) is 20.1. The van der Waals surface area contributed by atoms with Gasteiger partial charge >= 0.3 is 12.1 Å². The van der Waals surface area contributed by atoms with Crippen LogP contribution in [0.3, 0.4) is 0 Å². The molecule has 12 heteroatoms. The third-order valence-electron chi connectivity index (χ3n) is 6.85. The Morgan fingerprint density at radius 3 is 2.26 bits per heavy atom. The number of nitrogens with one attached hydrogen (secondary N) is 1.